The second-order valence-electron chi connectivity index (χ2n) is 6.66. The summed E-state index contributed by atoms with van der Waals surface area (Å²) in [5, 5.41) is 14.7. The van der Waals surface area contributed by atoms with Gasteiger partial charge >= 0.3 is 0 Å². The summed E-state index contributed by atoms with van der Waals surface area (Å²) in [4.78, 5) is 19.8. The Kier molecular flexibility index (Phi) is 4.97. The highest BCUT2D eigenvalue weighted by Crippen LogP contribution is 2.27. The molecule has 2 unspecified atom stereocenters. The lowest BCUT2D eigenvalue weighted by atomic mass is 10.0. The van der Waals surface area contributed by atoms with E-state index in [1.54, 1.807) is 29.7 Å². The predicted molar refractivity (Wildman–Crippen MR) is 103 cm³/mol. The summed E-state index contributed by atoms with van der Waals surface area (Å²) in [6.07, 6.45) is 3.34. The zero-order valence-corrected chi connectivity index (χ0v) is 15.2. The van der Waals surface area contributed by atoms with Crippen LogP contribution in [0.5, 0.6) is 0 Å². The molecule has 2 atom stereocenters. The topological polar surface area (TPSA) is 65.5 Å². The zero-order chi connectivity index (χ0) is 17.9. The van der Waals surface area contributed by atoms with Crippen molar-refractivity contribution in [2.45, 2.75) is 25.1 Å². The molecule has 5 nitrogen and oxygen atoms in total. The van der Waals surface area contributed by atoms with Gasteiger partial charge in [-0.15, -0.1) is 11.3 Å². The van der Waals surface area contributed by atoms with Crippen LogP contribution >= 0.6 is 11.3 Å². The van der Waals surface area contributed by atoms with Crippen molar-refractivity contribution in [3.05, 3.63) is 65.3 Å². The molecule has 134 valence electrons. The van der Waals surface area contributed by atoms with Crippen molar-refractivity contribution in [3.63, 3.8) is 0 Å². The summed E-state index contributed by atoms with van der Waals surface area (Å²) < 4.78 is 1.29. The molecule has 1 saturated heterocycles. The molecule has 1 aliphatic rings. The van der Waals surface area contributed by atoms with Crippen molar-refractivity contribution < 1.29 is 9.90 Å². The molecule has 6 heteroatoms. The first kappa shape index (κ1) is 17.1. The molecule has 1 aliphatic heterocycles. The van der Waals surface area contributed by atoms with Crippen molar-refractivity contribution in [3.8, 4) is 0 Å². The minimum absolute atomic E-state index is 0.180. The van der Waals surface area contributed by atoms with Crippen LogP contribution in [0.3, 0.4) is 0 Å². The van der Waals surface area contributed by atoms with E-state index in [1.807, 2.05) is 0 Å². The van der Waals surface area contributed by atoms with E-state index in [1.165, 1.54) is 21.2 Å². The van der Waals surface area contributed by atoms with Crippen molar-refractivity contribution in [2.24, 2.45) is 0 Å². The van der Waals surface area contributed by atoms with Crippen LogP contribution in [0.25, 0.3) is 10.1 Å². The van der Waals surface area contributed by atoms with Crippen LogP contribution in [0.1, 0.15) is 21.7 Å². The maximum absolute atomic E-state index is 12.3. The number of fused-ring (bicyclic) bond motifs is 1. The van der Waals surface area contributed by atoms with Gasteiger partial charge in [0.05, 0.1) is 17.7 Å². The van der Waals surface area contributed by atoms with Crippen LogP contribution in [-0.2, 0) is 6.54 Å². The second kappa shape index (κ2) is 7.53. The van der Waals surface area contributed by atoms with Gasteiger partial charge in [0.25, 0.3) is 5.91 Å². The maximum atomic E-state index is 12.3. The first-order chi connectivity index (χ1) is 12.7. The number of nitrogens with one attached hydrogen (secondary N) is 1. The van der Waals surface area contributed by atoms with Gasteiger partial charge in [0.1, 0.15) is 0 Å². The van der Waals surface area contributed by atoms with Crippen molar-refractivity contribution in [1.82, 2.24) is 15.2 Å². The number of carbonyl (C=O) groups excluding carboxylic acids is 1. The Morgan fingerprint density at radius 2 is 2.19 bits per heavy atom. The van der Waals surface area contributed by atoms with Gasteiger partial charge in [0.2, 0.25) is 0 Å². The van der Waals surface area contributed by atoms with Crippen LogP contribution in [0.2, 0.25) is 0 Å². The lowest BCUT2D eigenvalue weighted by molar-refractivity contribution is 0.0353. The standard InChI is InChI=1S/C20H21N3O2S/c24-18-13-23(12-16-10-14-4-1-2-6-19(14)26-16)9-7-17(18)22-20(25)15-5-3-8-21-11-15/h1-6,8,10-11,17-18,24H,7,9,12-13H2,(H,22,25). The van der Waals surface area contributed by atoms with Crippen LogP contribution < -0.4 is 5.32 Å². The van der Waals surface area contributed by atoms with E-state index in [4.69, 9.17) is 0 Å². The van der Waals surface area contributed by atoms with E-state index in [0.29, 0.717) is 12.1 Å². The van der Waals surface area contributed by atoms with E-state index in [-0.39, 0.29) is 11.9 Å². The average molecular weight is 367 g/mol. The third-order valence-corrected chi connectivity index (χ3v) is 5.86. The number of rotatable bonds is 4. The molecule has 0 bridgehead atoms. The molecule has 3 aromatic rings. The molecule has 2 N–H and O–H groups in total. The number of pyridine rings is 1. The molecule has 1 fully saturated rings. The van der Waals surface area contributed by atoms with E-state index >= 15 is 0 Å². The third kappa shape index (κ3) is 3.77. The number of thiophene rings is 1. The van der Waals surface area contributed by atoms with Crippen molar-refractivity contribution in [1.29, 1.82) is 0 Å². The molecule has 0 radical (unpaired) electrons. The Balaban J connectivity index is 1.35. The van der Waals surface area contributed by atoms with Crippen LogP contribution in [-0.4, -0.2) is 46.1 Å². The molecular formula is C20H21N3O2S. The summed E-state index contributed by atoms with van der Waals surface area (Å²) in [6.45, 7) is 2.25. The fourth-order valence-corrected chi connectivity index (χ4v) is 4.50. The molecule has 4 rings (SSSR count). The Bertz CT molecular complexity index is 863. The Hall–Kier alpha value is -2.28. The zero-order valence-electron chi connectivity index (χ0n) is 14.3. The largest absolute Gasteiger partial charge is 0.390 e. The highest BCUT2D eigenvalue weighted by atomic mass is 32.1. The number of aromatic nitrogens is 1. The van der Waals surface area contributed by atoms with Crippen molar-refractivity contribution in [2.75, 3.05) is 13.1 Å². The fourth-order valence-electron chi connectivity index (χ4n) is 3.39. The summed E-state index contributed by atoms with van der Waals surface area (Å²) in [7, 11) is 0. The molecule has 0 spiro atoms. The molecule has 0 saturated carbocycles. The third-order valence-electron chi connectivity index (χ3n) is 4.76. The van der Waals surface area contributed by atoms with Crippen LogP contribution in [0.15, 0.2) is 54.9 Å². The summed E-state index contributed by atoms with van der Waals surface area (Å²) >= 11 is 1.80. The quantitative estimate of drug-likeness (QED) is 0.744. The number of β-amino-alcohol motifs (C(OH)–C–C–N with tert-alkyl or cyclic N) is 1. The van der Waals surface area contributed by atoms with E-state index in [2.05, 4.69) is 45.5 Å². The number of hydrogen-bond acceptors (Lipinski definition) is 5. The van der Waals surface area contributed by atoms with E-state index in [0.717, 1.165) is 19.5 Å². The maximum Gasteiger partial charge on any atom is 0.253 e. The highest BCUT2D eigenvalue weighted by molar-refractivity contribution is 7.19. The molecular weight excluding hydrogens is 346 g/mol. The lowest BCUT2D eigenvalue weighted by Crippen LogP contribution is -2.53. The number of aliphatic hydroxyl groups is 1. The summed E-state index contributed by atoms with van der Waals surface area (Å²) in [5.74, 6) is -0.180. The van der Waals surface area contributed by atoms with Crippen molar-refractivity contribution >= 4 is 27.3 Å². The van der Waals surface area contributed by atoms with Gasteiger partial charge in [-0.25, -0.2) is 0 Å². The van der Waals surface area contributed by atoms with E-state index in [9.17, 15) is 9.90 Å². The summed E-state index contributed by atoms with van der Waals surface area (Å²) in [5.41, 5.74) is 0.521. The Morgan fingerprint density at radius 3 is 2.96 bits per heavy atom. The first-order valence-corrected chi connectivity index (χ1v) is 9.59. The molecule has 2 aromatic heterocycles. The lowest BCUT2D eigenvalue weighted by Gasteiger charge is -2.36. The Morgan fingerprint density at radius 1 is 1.31 bits per heavy atom. The number of carbonyl (C=O) groups is 1. The van der Waals surface area contributed by atoms with Gasteiger partial charge < -0.3 is 10.4 Å². The number of nitrogens with zero attached hydrogens (tertiary/aromatic N) is 2. The number of aliphatic hydroxyl groups excluding tert-OH is 1. The number of piperidine rings is 1. The van der Waals surface area contributed by atoms with Gasteiger partial charge in [-0.2, -0.15) is 0 Å². The van der Waals surface area contributed by atoms with Crippen LogP contribution in [0.4, 0.5) is 0 Å². The average Bonchev–Trinajstić information content (AvgIpc) is 3.07. The molecule has 3 heterocycles. The van der Waals surface area contributed by atoms with Gasteiger partial charge in [-0.05, 0) is 36.1 Å². The molecule has 0 aliphatic carbocycles. The molecule has 26 heavy (non-hydrogen) atoms. The monoisotopic (exact) mass is 367 g/mol. The number of benzene rings is 1. The molecule has 1 amide bonds. The minimum Gasteiger partial charge on any atom is -0.390 e. The Labute approximate surface area is 156 Å². The smallest absolute Gasteiger partial charge is 0.253 e. The molecule has 1 aromatic carbocycles. The highest BCUT2D eigenvalue weighted by Gasteiger charge is 2.29. The SMILES string of the molecule is O=C(NC1CCN(Cc2cc3ccccc3s2)CC1O)c1cccnc1. The van der Waals surface area contributed by atoms with Crippen LogP contribution in [0, 0.1) is 0 Å². The summed E-state index contributed by atoms with van der Waals surface area (Å²) in [6, 6.07) is 13.8. The van der Waals surface area contributed by atoms with Gasteiger partial charge in [-0.3, -0.25) is 14.7 Å². The number of likely N-dealkylation sites (tertiary alicyclic amines) is 1. The van der Waals surface area contributed by atoms with Gasteiger partial charge in [0.15, 0.2) is 0 Å². The fraction of sp³-hybridized carbons (Fsp3) is 0.300. The van der Waals surface area contributed by atoms with Gasteiger partial charge in [-0.1, -0.05) is 18.2 Å². The number of hydrogen-bond donors (Lipinski definition) is 2. The normalized spacial score (nSPS) is 21.0. The predicted octanol–water partition coefficient (Wildman–Crippen LogP) is 2.66. The number of amides is 1. The van der Waals surface area contributed by atoms with Gasteiger partial charge in [0, 0.05) is 41.6 Å². The first-order valence-electron chi connectivity index (χ1n) is 8.78. The van der Waals surface area contributed by atoms with E-state index < -0.39 is 6.10 Å². The minimum atomic E-state index is -0.571. The second-order valence-corrected chi connectivity index (χ2v) is 7.83.